The fraction of sp³-hybridized carbons (Fsp3) is 0.804. The number of hydrogen-bond acceptors (Lipinski definition) is 34. The second-order valence-corrected chi connectivity index (χ2v) is 25.0. The zero-order valence-electron chi connectivity index (χ0n) is 48.1. The average Bonchev–Trinajstić information content (AvgIpc) is 2.00. The molecule has 84 heavy (non-hydrogen) atoms. The third kappa shape index (κ3) is 34.1. The molecule has 0 heterocycles. The summed E-state index contributed by atoms with van der Waals surface area (Å²) < 4.78 is 157. The Kier molecular flexibility index (Phi) is 37.9. The number of phosphoric ester groups is 3. The second kappa shape index (κ2) is 40.9. The zero-order valence-corrected chi connectivity index (χ0v) is 51.7. The molecule has 1 saturated carbocycles. The van der Waals surface area contributed by atoms with Crippen LogP contribution in [0.25, 0.3) is 0 Å². The number of unbranched alkanes of at least 4 members (excludes halogenated alkanes) is 8. The quantitative estimate of drug-likeness (QED) is 0.0240. The van der Waals surface area contributed by atoms with Gasteiger partial charge in [-0.25, -0.2) is 36.3 Å². The summed E-state index contributed by atoms with van der Waals surface area (Å²) in [5.41, 5.74) is 0. The first-order valence-corrected chi connectivity index (χ1v) is 32.4. The molecule has 0 amide bonds. The Balaban J connectivity index is 4.39. The number of esters is 9. The molecule has 0 radical (unpaired) electrons. The van der Waals surface area contributed by atoms with Crippen molar-refractivity contribution in [2.24, 2.45) is 0 Å². The van der Waals surface area contributed by atoms with E-state index in [1.54, 1.807) is 0 Å². The first-order valence-electron chi connectivity index (χ1n) is 26.0. The standard InChI is InChI=1S/C46H78O34P4/c1-10-12-14-16-18-20-39(54)62-22-38(76-40(55)21-19-17-15-13-11-2)23-70-82(59,71-24-63-31(3)47)78-43-41(56)44(77-81(58,29-68-36(8)52)30-69-37(9)53)46(80-84(61,74-27-66-34(6)50)75-28-67-35(7)51)45(42(43)57)79-83(60,72-25-64-32(4)48)73-26-65-33(5)49/h38,41-46,56-57H,10-30H2,1-9H3/t38?,41-,42-,43+,44-,45+,46+,82?/m0/s1. The van der Waals surface area contributed by atoms with E-state index in [9.17, 15) is 67.1 Å². The van der Waals surface area contributed by atoms with Gasteiger partial charge in [0.05, 0.1) is 6.61 Å². The molecule has 1 fully saturated rings. The number of ether oxygens (including phenoxy) is 9. The minimum Gasteiger partial charge on any atom is -0.462 e. The summed E-state index contributed by atoms with van der Waals surface area (Å²) in [6.07, 6.45) is -14.4. The van der Waals surface area contributed by atoms with Crippen molar-refractivity contribution >= 4 is 84.6 Å². The van der Waals surface area contributed by atoms with Crippen molar-refractivity contribution in [3.63, 3.8) is 0 Å². The molecule has 0 aliphatic heterocycles. The third-order valence-corrected chi connectivity index (χ3v) is 16.2. The van der Waals surface area contributed by atoms with Crippen molar-refractivity contribution in [1.82, 2.24) is 0 Å². The Morgan fingerprint density at radius 3 is 1.06 bits per heavy atom. The van der Waals surface area contributed by atoms with Gasteiger partial charge in [-0.3, -0.25) is 65.8 Å². The molecular formula is C46H78O34P4. The highest BCUT2D eigenvalue weighted by molar-refractivity contribution is 7.58. The number of phosphoric acid groups is 3. The van der Waals surface area contributed by atoms with Crippen molar-refractivity contribution in [1.29, 1.82) is 0 Å². The largest absolute Gasteiger partial charge is 0.481 e. The second-order valence-electron chi connectivity index (χ2n) is 17.8. The minimum atomic E-state index is -5.74. The van der Waals surface area contributed by atoms with E-state index in [1.807, 2.05) is 13.8 Å². The van der Waals surface area contributed by atoms with E-state index in [1.165, 1.54) is 0 Å². The van der Waals surface area contributed by atoms with Crippen LogP contribution in [-0.2, 0) is 149 Å². The van der Waals surface area contributed by atoms with Crippen molar-refractivity contribution in [3.8, 4) is 0 Å². The number of aliphatic hydroxyl groups is 2. The minimum absolute atomic E-state index is 0.0539. The first-order chi connectivity index (χ1) is 39.4. The molecule has 8 atom stereocenters. The molecule has 1 rings (SSSR count). The molecule has 0 spiro atoms. The van der Waals surface area contributed by atoms with E-state index in [0.29, 0.717) is 25.7 Å². The Labute approximate surface area is 484 Å². The number of carbonyl (C=O) groups excluding carboxylic acids is 9. The maximum absolute atomic E-state index is 15.0. The predicted octanol–water partition coefficient (Wildman–Crippen LogP) is 5.78. The molecule has 1 aliphatic carbocycles. The van der Waals surface area contributed by atoms with Gasteiger partial charge < -0.3 is 57.4 Å². The zero-order chi connectivity index (χ0) is 63.5. The van der Waals surface area contributed by atoms with Crippen LogP contribution in [0.2, 0.25) is 0 Å². The average molecular weight is 1300 g/mol. The Morgan fingerprint density at radius 2 is 0.690 bits per heavy atom. The molecular weight excluding hydrogens is 1220 g/mol. The number of hydrogen-bond donors (Lipinski definition) is 2. The molecule has 34 nitrogen and oxygen atoms in total. The van der Waals surface area contributed by atoms with Gasteiger partial charge in [0.1, 0.15) is 43.2 Å². The molecule has 38 heteroatoms. The van der Waals surface area contributed by atoms with E-state index in [2.05, 4.69) is 18.9 Å². The lowest BCUT2D eigenvalue weighted by Crippen LogP contribution is -2.65. The third-order valence-electron chi connectivity index (χ3n) is 10.5. The van der Waals surface area contributed by atoms with E-state index in [-0.39, 0.29) is 12.8 Å². The highest BCUT2D eigenvalue weighted by Crippen LogP contribution is 2.60. The van der Waals surface area contributed by atoms with Gasteiger partial charge in [-0.05, 0) is 12.8 Å². The highest BCUT2D eigenvalue weighted by atomic mass is 31.2. The summed E-state index contributed by atoms with van der Waals surface area (Å²) in [4.78, 5) is 109. The predicted molar refractivity (Wildman–Crippen MR) is 277 cm³/mol. The van der Waals surface area contributed by atoms with Gasteiger partial charge in [0, 0.05) is 61.3 Å². The topological polar surface area (TPSA) is 438 Å². The van der Waals surface area contributed by atoms with E-state index >= 15 is 4.57 Å². The van der Waals surface area contributed by atoms with Crippen LogP contribution < -0.4 is 0 Å². The monoisotopic (exact) mass is 1300 g/mol. The van der Waals surface area contributed by atoms with Crippen LogP contribution in [-0.4, -0.2) is 167 Å². The summed E-state index contributed by atoms with van der Waals surface area (Å²) in [6, 6.07) is 0. The smallest absolute Gasteiger partial charge is 0.462 e. The van der Waals surface area contributed by atoms with Gasteiger partial charge in [0.25, 0.3) is 7.37 Å². The first kappa shape index (κ1) is 77.7. The van der Waals surface area contributed by atoms with Crippen molar-refractivity contribution < 1.29 is 159 Å². The van der Waals surface area contributed by atoms with E-state index in [0.717, 1.165) is 87.0 Å². The lowest BCUT2D eigenvalue weighted by molar-refractivity contribution is -0.214. The lowest BCUT2D eigenvalue weighted by atomic mass is 9.85. The lowest BCUT2D eigenvalue weighted by Gasteiger charge is -2.47. The molecule has 0 aromatic heterocycles. The van der Waals surface area contributed by atoms with Crippen LogP contribution in [0.1, 0.15) is 139 Å². The van der Waals surface area contributed by atoms with Crippen LogP contribution in [0.4, 0.5) is 0 Å². The van der Waals surface area contributed by atoms with Crippen LogP contribution in [0.3, 0.4) is 0 Å². The van der Waals surface area contributed by atoms with Gasteiger partial charge >= 0.3 is 77.2 Å². The molecule has 0 saturated heterocycles. The fourth-order valence-electron chi connectivity index (χ4n) is 6.49. The Morgan fingerprint density at radius 1 is 0.369 bits per heavy atom. The van der Waals surface area contributed by atoms with Gasteiger partial charge in [-0.15, -0.1) is 0 Å². The Bertz CT molecular complexity index is 2230. The summed E-state index contributed by atoms with van der Waals surface area (Å²) in [6.45, 7) is 1.36. The summed E-state index contributed by atoms with van der Waals surface area (Å²) in [5.74, 6) is -9.28. The highest BCUT2D eigenvalue weighted by Gasteiger charge is 2.60. The van der Waals surface area contributed by atoms with Gasteiger partial charge in [0.15, 0.2) is 18.8 Å². The van der Waals surface area contributed by atoms with Crippen molar-refractivity contribution in [2.45, 2.75) is 182 Å². The molecule has 2 N–H and O–H groups in total. The normalized spacial score (nSPS) is 19.1. The molecule has 0 bridgehead atoms. The maximum atomic E-state index is 15.0. The number of rotatable bonds is 45. The summed E-state index contributed by atoms with van der Waals surface area (Å²) in [5, 5.41) is 24.8. The number of aliphatic hydroxyl groups excluding tert-OH is 2. The van der Waals surface area contributed by atoms with E-state index < -0.39 is 187 Å². The molecule has 486 valence electrons. The van der Waals surface area contributed by atoms with Crippen molar-refractivity contribution in [2.75, 3.05) is 59.9 Å². The molecule has 1 aliphatic rings. The molecule has 2 unspecified atom stereocenters. The Hall–Kier alpha value is -4.33. The van der Waals surface area contributed by atoms with Gasteiger partial charge in [-0.2, -0.15) is 0 Å². The molecule has 0 aromatic carbocycles. The fourth-order valence-corrected chi connectivity index (χ4v) is 11.6. The van der Waals surface area contributed by atoms with E-state index in [4.69, 9.17) is 68.9 Å². The SMILES string of the molecule is CCCCCCCC(=O)OCC(COP(=O)(OCOC(C)=O)O[C@H]1[C@H](O)[C@@H](OP(=O)(OCOC(C)=O)OCOC(C)=O)[C@H](OP(=O)(OCOC(C)=O)OCOC(C)=O)[C@@H](OP(=O)(COC(C)=O)COC(C)=O)[C@H]1O)OC(=O)CCCCCCC. The van der Waals surface area contributed by atoms with Crippen LogP contribution in [0.15, 0.2) is 0 Å². The van der Waals surface area contributed by atoms with Crippen LogP contribution in [0, 0.1) is 0 Å². The maximum Gasteiger partial charge on any atom is 0.481 e. The van der Waals surface area contributed by atoms with Gasteiger partial charge in [0.2, 0.25) is 34.0 Å². The van der Waals surface area contributed by atoms with Crippen LogP contribution >= 0.6 is 30.8 Å². The van der Waals surface area contributed by atoms with Gasteiger partial charge in [-0.1, -0.05) is 65.2 Å². The molecule has 0 aromatic rings. The van der Waals surface area contributed by atoms with Crippen molar-refractivity contribution in [3.05, 3.63) is 0 Å². The van der Waals surface area contributed by atoms with Crippen LogP contribution in [0.5, 0.6) is 0 Å². The summed E-state index contributed by atoms with van der Waals surface area (Å²) in [7, 11) is -22.3. The number of carbonyl (C=O) groups is 9. The summed E-state index contributed by atoms with van der Waals surface area (Å²) >= 11 is 0.